The number of nitrogens with zero attached hydrogens (tertiary/aromatic N) is 1. The fourth-order valence-corrected chi connectivity index (χ4v) is 3.07. The Labute approximate surface area is 106 Å². The zero-order valence-corrected chi connectivity index (χ0v) is 11.8. The van der Waals surface area contributed by atoms with Gasteiger partial charge in [-0.1, -0.05) is 39.0 Å². The van der Waals surface area contributed by atoms with Gasteiger partial charge in [0, 0.05) is 12.2 Å². The van der Waals surface area contributed by atoms with E-state index >= 15 is 0 Å². The van der Waals surface area contributed by atoms with Crippen molar-refractivity contribution in [1.29, 1.82) is 0 Å². The summed E-state index contributed by atoms with van der Waals surface area (Å²) in [4.78, 5) is 0. The molecule has 0 N–H and O–H groups in total. The molecule has 1 heterocycles. The lowest BCUT2D eigenvalue weighted by Gasteiger charge is -2.39. The van der Waals surface area contributed by atoms with Crippen LogP contribution in [0.2, 0.25) is 0 Å². The highest BCUT2D eigenvalue weighted by molar-refractivity contribution is 14.1. The van der Waals surface area contributed by atoms with Gasteiger partial charge in [-0.3, -0.25) is 0 Å². The van der Waals surface area contributed by atoms with Gasteiger partial charge in [0.1, 0.15) is 0 Å². The van der Waals surface area contributed by atoms with Gasteiger partial charge in [0.2, 0.25) is 0 Å². The minimum absolute atomic E-state index is 0.400. The van der Waals surface area contributed by atoms with Gasteiger partial charge in [0.05, 0.1) is 22.9 Å². The summed E-state index contributed by atoms with van der Waals surface area (Å²) in [5.74, 6) is 0.754. The van der Waals surface area contributed by atoms with E-state index in [1.807, 2.05) is 0 Å². The highest BCUT2D eigenvalue weighted by Crippen LogP contribution is 2.39. The molecule has 1 atom stereocenters. The van der Waals surface area contributed by atoms with E-state index in [-0.39, 0.29) is 0 Å². The smallest absolute Gasteiger partial charge is 0.0591 e. The molecule has 1 aliphatic rings. The molecule has 1 nitrogen and oxygen atoms in total. The molecule has 0 fully saturated rings. The van der Waals surface area contributed by atoms with Crippen LogP contribution in [0.1, 0.15) is 26.3 Å². The Bertz CT molecular complexity index is 354. The summed E-state index contributed by atoms with van der Waals surface area (Å²) >= 11 is 2.44. The first-order valence-corrected chi connectivity index (χ1v) is 6.46. The Morgan fingerprint density at radius 3 is 2.60 bits per heavy atom. The molecule has 0 aliphatic carbocycles. The summed E-state index contributed by atoms with van der Waals surface area (Å²) in [7, 11) is 0. The Kier molecular flexibility index (Phi) is 2.97. The zero-order chi connectivity index (χ0) is 11.1. The number of rotatable bonds is 0. The van der Waals surface area contributed by atoms with E-state index in [2.05, 4.69) is 71.0 Å². The van der Waals surface area contributed by atoms with E-state index in [1.54, 1.807) is 0 Å². The third-order valence-electron chi connectivity index (χ3n) is 3.32. The fourth-order valence-electron chi connectivity index (χ4n) is 2.12. The summed E-state index contributed by atoms with van der Waals surface area (Å²) in [6.45, 7) is 8.20. The molecule has 1 aromatic rings. The Balaban J connectivity index is 2.30. The van der Waals surface area contributed by atoms with Crippen molar-refractivity contribution >= 4 is 28.6 Å². The molecular weight excluding hydrogens is 297 g/mol. The maximum Gasteiger partial charge on any atom is 0.0591 e. The van der Waals surface area contributed by atoms with Crippen molar-refractivity contribution in [2.45, 2.75) is 27.2 Å². The highest BCUT2D eigenvalue weighted by Gasteiger charge is 2.31. The summed E-state index contributed by atoms with van der Waals surface area (Å²) in [5, 5.41) is 0. The first-order valence-electron chi connectivity index (χ1n) is 5.49. The van der Waals surface area contributed by atoms with Crippen molar-refractivity contribution in [3.05, 3.63) is 29.8 Å². The van der Waals surface area contributed by atoms with Crippen molar-refractivity contribution in [1.82, 2.24) is 0 Å². The van der Waals surface area contributed by atoms with Crippen LogP contribution in [-0.2, 0) is 6.42 Å². The van der Waals surface area contributed by atoms with Crippen molar-refractivity contribution in [3.63, 3.8) is 0 Å². The lowest BCUT2D eigenvalue weighted by molar-refractivity contribution is 0.243. The monoisotopic (exact) mass is 315 g/mol. The van der Waals surface area contributed by atoms with Crippen LogP contribution in [0.5, 0.6) is 0 Å². The van der Waals surface area contributed by atoms with E-state index < -0.39 is 0 Å². The molecule has 82 valence electrons. The lowest BCUT2D eigenvalue weighted by Crippen LogP contribution is -2.36. The van der Waals surface area contributed by atoms with Crippen molar-refractivity contribution in [3.8, 4) is 0 Å². The first kappa shape index (κ1) is 11.2. The number of benzene rings is 1. The van der Waals surface area contributed by atoms with Crippen LogP contribution in [0.25, 0.3) is 0 Å². The largest absolute Gasteiger partial charge is 0.314 e. The van der Waals surface area contributed by atoms with Crippen LogP contribution >= 0.6 is 22.9 Å². The van der Waals surface area contributed by atoms with E-state index in [0.29, 0.717) is 5.41 Å². The molecule has 15 heavy (non-hydrogen) atoms. The second kappa shape index (κ2) is 3.96. The van der Waals surface area contributed by atoms with Gasteiger partial charge in [-0.05, 0) is 29.4 Å². The number of fused-ring (bicyclic) bond motifs is 1. The zero-order valence-electron chi connectivity index (χ0n) is 9.63. The Morgan fingerprint density at radius 1 is 1.27 bits per heavy atom. The van der Waals surface area contributed by atoms with Gasteiger partial charge >= 0.3 is 0 Å². The molecule has 1 aromatic carbocycles. The van der Waals surface area contributed by atoms with Gasteiger partial charge in [-0.2, -0.15) is 0 Å². The van der Waals surface area contributed by atoms with Gasteiger partial charge in [0.15, 0.2) is 0 Å². The molecule has 0 radical (unpaired) electrons. The molecule has 1 aliphatic heterocycles. The fraction of sp³-hybridized carbons (Fsp3) is 0.538. The predicted octanol–water partition coefficient (Wildman–Crippen LogP) is 4.06. The molecule has 1 unspecified atom stereocenters. The van der Waals surface area contributed by atoms with Gasteiger partial charge in [-0.25, -0.2) is 0 Å². The maximum atomic E-state index is 2.44. The number of hydrogen-bond donors (Lipinski definition) is 0. The minimum Gasteiger partial charge on any atom is -0.314 e. The second-order valence-electron chi connectivity index (χ2n) is 5.44. The van der Waals surface area contributed by atoms with Gasteiger partial charge < -0.3 is 3.11 Å². The Hall–Kier alpha value is -0.250. The van der Waals surface area contributed by atoms with Crippen LogP contribution in [0.4, 0.5) is 5.69 Å². The van der Waals surface area contributed by atoms with Crippen LogP contribution in [0, 0.1) is 11.3 Å². The van der Waals surface area contributed by atoms with Crippen LogP contribution in [0.3, 0.4) is 0 Å². The predicted molar refractivity (Wildman–Crippen MR) is 74.5 cm³/mol. The molecular formula is C13H18IN. The van der Waals surface area contributed by atoms with Crippen LogP contribution in [0.15, 0.2) is 24.3 Å². The number of anilines is 1. The van der Waals surface area contributed by atoms with Gasteiger partial charge in [0.25, 0.3) is 0 Å². The molecule has 2 heteroatoms. The highest BCUT2D eigenvalue weighted by atomic mass is 127. The quantitative estimate of drug-likeness (QED) is 0.515. The van der Waals surface area contributed by atoms with Gasteiger partial charge in [-0.15, -0.1) is 0 Å². The molecule has 0 aromatic heterocycles. The Morgan fingerprint density at radius 2 is 1.93 bits per heavy atom. The normalized spacial score (nSPS) is 21.3. The second-order valence-corrected chi connectivity index (χ2v) is 6.61. The van der Waals surface area contributed by atoms with E-state index in [9.17, 15) is 0 Å². The first-order chi connectivity index (χ1) is 6.98. The van der Waals surface area contributed by atoms with Crippen molar-refractivity contribution in [2.24, 2.45) is 11.3 Å². The molecule has 2 rings (SSSR count). The lowest BCUT2D eigenvalue weighted by atomic mass is 9.75. The number of para-hydroxylation sites is 1. The molecule has 0 spiro atoms. The maximum absolute atomic E-state index is 2.44. The number of hydrogen-bond acceptors (Lipinski definition) is 1. The average Bonchev–Trinajstić information content (AvgIpc) is 2.16. The van der Waals surface area contributed by atoms with Crippen molar-refractivity contribution < 1.29 is 0 Å². The standard InChI is InChI=1S/C13H18IN/c1-13(2,3)11-8-10-6-4-5-7-12(10)15(14)9-11/h4-7,11H,8-9H2,1-3H3. The third-order valence-corrected chi connectivity index (χ3v) is 4.24. The summed E-state index contributed by atoms with van der Waals surface area (Å²) in [6, 6.07) is 8.76. The average molecular weight is 315 g/mol. The van der Waals surface area contributed by atoms with E-state index in [4.69, 9.17) is 0 Å². The van der Waals surface area contributed by atoms with E-state index in [0.717, 1.165) is 5.92 Å². The minimum atomic E-state index is 0.400. The SMILES string of the molecule is CC(C)(C)C1Cc2ccccc2N(I)C1. The van der Waals surface area contributed by atoms with Crippen molar-refractivity contribution in [2.75, 3.05) is 9.66 Å². The topological polar surface area (TPSA) is 3.24 Å². The van der Waals surface area contributed by atoms with Crippen LogP contribution < -0.4 is 3.11 Å². The summed E-state index contributed by atoms with van der Waals surface area (Å²) in [5.41, 5.74) is 3.30. The summed E-state index contributed by atoms with van der Waals surface area (Å²) < 4.78 is 2.37. The van der Waals surface area contributed by atoms with Crippen LogP contribution in [-0.4, -0.2) is 6.54 Å². The molecule has 0 amide bonds. The third kappa shape index (κ3) is 2.30. The molecule has 0 saturated carbocycles. The molecule has 0 bridgehead atoms. The number of halogens is 1. The molecule has 0 saturated heterocycles. The van der Waals surface area contributed by atoms with E-state index in [1.165, 1.54) is 24.2 Å². The summed E-state index contributed by atoms with van der Waals surface area (Å²) in [6.07, 6.45) is 1.22.